The Balaban J connectivity index is 0.00000256. The second-order valence-electron chi connectivity index (χ2n) is 7.04. The largest absolute Gasteiger partial charge is 0.490 e. The monoisotopic (exact) mass is 431 g/mol. The van der Waals surface area contributed by atoms with E-state index in [0.29, 0.717) is 43.0 Å². The first-order chi connectivity index (χ1) is 14.2. The molecular weight excluding hydrogens is 406 g/mol. The van der Waals surface area contributed by atoms with Gasteiger partial charge in [0.25, 0.3) is 5.89 Å². The summed E-state index contributed by atoms with van der Waals surface area (Å²) >= 11 is 0. The van der Waals surface area contributed by atoms with Crippen molar-refractivity contribution in [1.82, 2.24) is 10.1 Å². The molecule has 0 saturated heterocycles. The van der Waals surface area contributed by atoms with Crippen molar-refractivity contribution in [1.29, 1.82) is 0 Å². The molecule has 0 aliphatic heterocycles. The maximum atomic E-state index is 6.29. The second-order valence-corrected chi connectivity index (χ2v) is 7.04. The van der Waals surface area contributed by atoms with E-state index in [-0.39, 0.29) is 12.4 Å². The SMILES string of the molecule is CCOc1cc(-c2nc(C3(N)CCC3)no2)ccc1OCCOc1ccccc1.Cl. The number of hydrogen-bond acceptors (Lipinski definition) is 7. The number of halogens is 1. The van der Waals surface area contributed by atoms with Gasteiger partial charge in [-0.05, 0) is 56.5 Å². The summed E-state index contributed by atoms with van der Waals surface area (Å²) in [6.07, 6.45) is 2.86. The molecule has 2 N–H and O–H groups in total. The Kier molecular flexibility index (Phi) is 7.18. The standard InChI is InChI=1S/C22H25N3O4.ClH/c1-2-26-19-15-16(20-24-21(25-29-20)22(23)11-6-12-22)9-10-18(19)28-14-13-27-17-7-4-3-5-8-17;/h3-5,7-10,15H,2,6,11-14,23H2,1H3;1H. The van der Waals surface area contributed by atoms with Gasteiger partial charge in [-0.15, -0.1) is 12.4 Å². The normalized spacial score (nSPS) is 14.3. The first-order valence-corrected chi connectivity index (χ1v) is 9.89. The van der Waals surface area contributed by atoms with Crippen LogP contribution in [0.4, 0.5) is 0 Å². The molecule has 8 heteroatoms. The van der Waals surface area contributed by atoms with E-state index in [4.69, 9.17) is 24.5 Å². The van der Waals surface area contributed by atoms with Crippen LogP contribution in [-0.2, 0) is 5.54 Å². The van der Waals surface area contributed by atoms with Gasteiger partial charge in [0.05, 0.1) is 12.1 Å². The van der Waals surface area contributed by atoms with Crippen molar-refractivity contribution < 1.29 is 18.7 Å². The fourth-order valence-corrected chi connectivity index (χ4v) is 3.18. The summed E-state index contributed by atoms with van der Waals surface area (Å²) in [7, 11) is 0. The van der Waals surface area contributed by atoms with Crippen LogP contribution >= 0.6 is 12.4 Å². The minimum Gasteiger partial charge on any atom is -0.490 e. The van der Waals surface area contributed by atoms with E-state index in [1.165, 1.54) is 0 Å². The van der Waals surface area contributed by atoms with Gasteiger partial charge in [0.15, 0.2) is 17.3 Å². The molecule has 0 unspecified atom stereocenters. The van der Waals surface area contributed by atoms with Gasteiger partial charge in [-0.1, -0.05) is 23.4 Å². The molecule has 1 saturated carbocycles. The van der Waals surface area contributed by atoms with Crippen LogP contribution in [0.3, 0.4) is 0 Å². The summed E-state index contributed by atoms with van der Waals surface area (Å²) < 4.78 is 22.7. The Labute approximate surface area is 181 Å². The molecule has 160 valence electrons. The lowest BCUT2D eigenvalue weighted by atomic mass is 9.77. The number of aromatic nitrogens is 2. The number of hydrogen-bond donors (Lipinski definition) is 1. The highest BCUT2D eigenvalue weighted by atomic mass is 35.5. The molecular formula is C22H26ClN3O4. The van der Waals surface area contributed by atoms with Crippen LogP contribution in [0.15, 0.2) is 53.1 Å². The summed E-state index contributed by atoms with van der Waals surface area (Å²) in [5.41, 5.74) is 6.60. The van der Waals surface area contributed by atoms with Gasteiger partial charge in [-0.25, -0.2) is 0 Å². The minimum atomic E-state index is -0.452. The van der Waals surface area contributed by atoms with Crippen LogP contribution in [-0.4, -0.2) is 30.0 Å². The van der Waals surface area contributed by atoms with Crippen molar-refractivity contribution in [2.45, 2.75) is 31.7 Å². The van der Waals surface area contributed by atoms with E-state index in [0.717, 1.165) is 30.6 Å². The first kappa shape index (κ1) is 21.9. The van der Waals surface area contributed by atoms with Gasteiger partial charge in [-0.2, -0.15) is 4.98 Å². The van der Waals surface area contributed by atoms with Crippen LogP contribution in [0.25, 0.3) is 11.5 Å². The highest BCUT2D eigenvalue weighted by molar-refractivity contribution is 5.85. The lowest BCUT2D eigenvalue weighted by Gasteiger charge is -2.34. The molecule has 1 aromatic heterocycles. The number of nitrogens with two attached hydrogens (primary N) is 1. The van der Waals surface area contributed by atoms with Crippen LogP contribution in [0.1, 0.15) is 32.0 Å². The molecule has 0 amide bonds. The molecule has 0 spiro atoms. The van der Waals surface area contributed by atoms with Crippen molar-refractivity contribution in [2.75, 3.05) is 19.8 Å². The van der Waals surface area contributed by atoms with Gasteiger partial charge in [-0.3, -0.25) is 0 Å². The Morgan fingerprint density at radius 1 is 1.00 bits per heavy atom. The van der Waals surface area contributed by atoms with E-state index in [1.807, 2.05) is 55.5 Å². The molecule has 0 radical (unpaired) electrons. The number of para-hydroxylation sites is 1. The summed E-state index contributed by atoms with van der Waals surface area (Å²) in [5.74, 6) is 3.07. The average molecular weight is 432 g/mol. The first-order valence-electron chi connectivity index (χ1n) is 9.89. The number of ether oxygens (including phenoxy) is 3. The lowest BCUT2D eigenvalue weighted by Crippen LogP contribution is -2.44. The number of benzene rings is 2. The molecule has 4 rings (SSSR count). The van der Waals surface area contributed by atoms with Crippen LogP contribution < -0.4 is 19.9 Å². The molecule has 3 aromatic rings. The van der Waals surface area contributed by atoms with Gasteiger partial charge < -0.3 is 24.5 Å². The zero-order valence-corrected chi connectivity index (χ0v) is 17.7. The predicted octanol–water partition coefficient (Wildman–Crippen LogP) is 4.35. The Morgan fingerprint density at radius 2 is 1.77 bits per heavy atom. The fourth-order valence-electron chi connectivity index (χ4n) is 3.18. The van der Waals surface area contributed by atoms with Gasteiger partial charge >= 0.3 is 0 Å². The van der Waals surface area contributed by atoms with E-state index in [1.54, 1.807) is 0 Å². The molecule has 1 aliphatic carbocycles. The Bertz CT molecular complexity index is 945. The van der Waals surface area contributed by atoms with Crippen molar-refractivity contribution in [2.24, 2.45) is 5.73 Å². The molecule has 0 bridgehead atoms. The average Bonchev–Trinajstić information content (AvgIpc) is 3.22. The molecule has 0 atom stereocenters. The second kappa shape index (κ2) is 9.82. The highest BCUT2D eigenvalue weighted by Crippen LogP contribution is 2.38. The van der Waals surface area contributed by atoms with Crippen molar-refractivity contribution in [3.05, 3.63) is 54.4 Å². The summed E-state index contributed by atoms with van der Waals surface area (Å²) in [6.45, 7) is 3.27. The summed E-state index contributed by atoms with van der Waals surface area (Å²) in [5, 5.41) is 4.07. The van der Waals surface area contributed by atoms with E-state index >= 15 is 0 Å². The topological polar surface area (TPSA) is 92.6 Å². The zero-order chi connectivity index (χ0) is 20.1. The van der Waals surface area contributed by atoms with Crippen LogP contribution in [0.2, 0.25) is 0 Å². The van der Waals surface area contributed by atoms with Gasteiger partial charge in [0.1, 0.15) is 19.0 Å². The van der Waals surface area contributed by atoms with Crippen LogP contribution in [0.5, 0.6) is 17.2 Å². The third kappa shape index (κ3) is 4.86. The van der Waals surface area contributed by atoms with Crippen molar-refractivity contribution in [3.8, 4) is 28.7 Å². The van der Waals surface area contributed by atoms with Crippen molar-refractivity contribution >= 4 is 12.4 Å². The molecule has 1 heterocycles. The van der Waals surface area contributed by atoms with Gasteiger partial charge in [0, 0.05) is 5.56 Å². The van der Waals surface area contributed by atoms with E-state index in [2.05, 4.69) is 10.1 Å². The minimum absolute atomic E-state index is 0. The van der Waals surface area contributed by atoms with Gasteiger partial charge in [0.2, 0.25) is 0 Å². The Hall–Kier alpha value is -2.77. The number of nitrogens with zero attached hydrogens (tertiary/aromatic N) is 2. The van der Waals surface area contributed by atoms with Crippen molar-refractivity contribution in [3.63, 3.8) is 0 Å². The molecule has 7 nitrogen and oxygen atoms in total. The molecule has 1 aliphatic rings. The third-order valence-corrected chi connectivity index (χ3v) is 4.96. The third-order valence-electron chi connectivity index (χ3n) is 4.96. The molecule has 30 heavy (non-hydrogen) atoms. The zero-order valence-electron chi connectivity index (χ0n) is 16.9. The Morgan fingerprint density at radius 3 is 2.47 bits per heavy atom. The smallest absolute Gasteiger partial charge is 0.258 e. The lowest BCUT2D eigenvalue weighted by molar-refractivity contribution is 0.208. The highest BCUT2D eigenvalue weighted by Gasteiger charge is 2.39. The fraction of sp³-hybridized carbons (Fsp3) is 0.364. The maximum absolute atomic E-state index is 6.29. The van der Waals surface area contributed by atoms with E-state index < -0.39 is 5.54 Å². The summed E-state index contributed by atoms with van der Waals surface area (Å²) in [4.78, 5) is 4.50. The summed E-state index contributed by atoms with van der Waals surface area (Å²) in [6, 6.07) is 15.2. The quantitative estimate of drug-likeness (QED) is 0.503. The molecule has 2 aromatic carbocycles. The maximum Gasteiger partial charge on any atom is 0.258 e. The predicted molar refractivity (Wildman–Crippen MR) is 115 cm³/mol. The van der Waals surface area contributed by atoms with E-state index in [9.17, 15) is 0 Å². The molecule has 1 fully saturated rings. The number of rotatable bonds is 9. The van der Waals surface area contributed by atoms with Crippen LogP contribution in [0, 0.1) is 0 Å².